The Morgan fingerprint density at radius 3 is 2.66 bits per heavy atom. The number of benzene rings is 1. The summed E-state index contributed by atoms with van der Waals surface area (Å²) in [7, 11) is 3.22. The maximum Gasteiger partial charge on any atom is 0.310 e. The van der Waals surface area contributed by atoms with Gasteiger partial charge in [-0.2, -0.15) is 0 Å². The van der Waals surface area contributed by atoms with Gasteiger partial charge in [0.25, 0.3) is 0 Å². The molecule has 0 saturated carbocycles. The third-order valence-electron chi connectivity index (χ3n) is 4.95. The topological polar surface area (TPSA) is 79.9 Å². The summed E-state index contributed by atoms with van der Waals surface area (Å²) in [5.41, 5.74) is 3.71. The van der Waals surface area contributed by atoms with Gasteiger partial charge in [-0.3, -0.25) is 9.59 Å². The van der Waals surface area contributed by atoms with Crippen molar-refractivity contribution in [1.82, 2.24) is 4.57 Å². The van der Waals surface area contributed by atoms with E-state index in [0.29, 0.717) is 35.6 Å². The average Bonchev–Trinajstić information content (AvgIpc) is 3.24. The average molecular weight is 399 g/mol. The van der Waals surface area contributed by atoms with E-state index < -0.39 is 5.97 Å². The lowest BCUT2D eigenvalue weighted by atomic mass is 10.1. The van der Waals surface area contributed by atoms with E-state index in [1.54, 1.807) is 26.4 Å². The first-order chi connectivity index (χ1) is 13.9. The first-order valence-corrected chi connectivity index (χ1v) is 9.33. The highest BCUT2D eigenvalue weighted by atomic mass is 16.5. The van der Waals surface area contributed by atoms with Crippen LogP contribution < -0.4 is 4.74 Å². The standard InChI is InChI=1S/C22H25NO6/c1-14-9-19(15(2)23(14)7-8-26-3)20(24)13-29-22(25)10-16-12-28-21-11-17(27-4)5-6-18(16)21/h5-6,9,11-12H,7-8,10,13H2,1-4H3. The molecule has 0 spiro atoms. The lowest BCUT2D eigenvalue weighted by Crippen LogP contribution is -2.16. The molecule has 3 aromatic rings. The van der Waals surface area contributed by atoms with Gasteiger partial charge in [0.1, 0.15) is 11.3 Å². The second-order valence-electron chi connectivity index (χ2n) is 6.81. The molecule has 0 aliphatic heterocycles. The van der Waals surface area contributed by atoms with Crippen LogP contribution in [0.2, 0.25) is 0 Å². The fraction of sp³-hybridized carbons (Fsp3) is 0.364. The third-order valence-corrected chi connectivity index (χ3v) is 4.95. The number of aromatic nitrogens is 1. The maximum atomic E-state index is 12.5. The van der Waals surface area contributed by atoms with Gasteiger partial charge >= 0.3 is 5.97 Å². The predicted molar refractivity (Wildman–Crippen MR) is 108 cm³/mol. The number of furan rings is 1. The van der Waals surface area contributed by atoms with Crippen molar-refractivity contribution in [1.29, 1.82) is 0 Å². The van der Waals surface area contributed by atoms with Gasteiger partial charge in [0.05, 0.1) is 26.4 Å². The smallest absolute Gasteiger partial charge is 0.310 e. The molecule has 7 heteroatoms. The van der Waals surface area contributed by atoms with E-state index in [0.717, 1.165) is 16.8 Å². The van der Waals surface area contributed by atoms with Gasteiger partial charge in [-0.05, 0) is 32.0 Å². The van der Waals surface area contributed by atoms with Gasteiger partial charge in [0.15, 0.2) is 6.61 Å². The molecule has 0 saturated heterocycles. The third kappa shape index (κ3) is 4.51. The predicted octanol–water partition coefficient (Wildman–Crippen LogP) is 3.47. The number of nitrogens with zero attached hydrogens (tertiary/aromatic N) is 1. The van der Waals surface area contributed by atoms with Crippen molar-refractivity contribution in [2.24, 2.45) is 0 Å². The molecular formula is C22H25NO6. The van der Waals surface area contributed by atoms with Gasteiger partial charge in [-0.15, -0.1) is 0 Å². The van der Waals surface area contributed by atoms with E-state index in [4.69, 9.17) is 18.6 Å². The molecule has 0 N–H and O–H groups in total. The Hall–Kier alpha value is -3.06. The van der Waals surface area contributed by atoms with Crippen molar-refractivity contribution in [2.75, 3.05) is 27.4 Å². The van der Waals surface area contributed by atoms with Gasteiger partial charge < -0.3 is 23.2 Å². The second-order valence-corrected chi connectivity index (χ2v) is 6.81. The van der Waals surface area contributed by atoms with Crippen molar-refractivity contribution in [3.63, 3.8) is 0 Å². The largest absolute Gasteiger partial charge is 0.497 e. The van der Waals surface area contributed by atoms with Crippen molar-refractivity contribution in [3.05, 3.63) is 53.0 Å². The van der Waals surface area contributed by atoms with Gasteiger partial charge in [-0.1, -0.05) is 0 Å². The lowest BCUT2D eigenvalue weighted by molar-refractivity contribution is -0.141. The summed E-state index contributed by atoms with van der Waals surface area (Å²) >= 11 is 0. The summed E-state index contributed by atoms with van der Waals surface area (Å²) in [5, 5.41) is 0.816. The number of hydrogen-bond acceptors (Lipinski definition) is 6. The molecule has 0 unspecified atom stereocenters. The maximum absolute atomic E-state index is 12.5. The lowest BCUT2D eigenvalue weighted by Gasteiger charge is -2.09. The molecule has 154 valence electrons. The van der Waals surface area contributed by atoms with Crippen LogP contribution in [0, 0.1) is 13.8 Å². The molecule has 0 atom stereocenters. The number of Topliss-reactive ketones (excluding diaryl/α,β-unsaturated/α-hetero) is 1. The summed E-state index contributed by atoms with van der Waals surface area (Å²) in [4.78, 5) is 24.8. The molecule has 7 nitrogen and oxygen atoms in total. The van der Waals surface area contributed by atoms with Crippen LogP contribution in [-0.2, 0) is 27.2 Å². The molecule has 2 heterocycles. The SMILES string of the molecule is COCCn1c(C)cc(C(=O)COC(=O)Cc2coc3cc(OC)ccc23)c1C. The van der Waals surface area contributed by atoms with E-state index in [9.17, 15) is 9.59 Å². The van der Waals surface area contributed by atoms with Crippen LogP contribution in [0.3, 0.4) is 0 Å². The van der Waals surface area contributed by atoms with Crippen LogP contribution in [0.25, 0.3) is 11.0 Å². The fourth-order valence-electron chi connectivity index (χ4n) is 3.37. The van der Waals surface area contributed by atoms with E-state index in [1.807, 2.05) is 30.5 Å². The Kier molecular flexibility index (Phi) is 6.39. The molecule has 29 heavy (non-hydrogen) atoms. The Balaban J connectivity index is 1.62. The second kappa shape index (κ2) is 8.96. The van der Waals surface area contributed by atoms with Crippen molar-refractivity contribution in [2.45, 2.75) is 26.8 Å². The molecule has 0 fully saturated rings. The Morgan fingerprint density at radius 1 is 1.14 bits per heavy atom. The number of rotatable bonds is 9. The van der Waals surface area contributed by atoms with Crippen LogP contribution in [-0.4, -0.2) is 43.8 Å². The number of aryl methyl sites for hydroxylation is 1. The number of ether oxygens (including phenoxy) is 3. The minimum atomic E-state index is -0.481. The number of ketones is 1. The molecular weight excluding hydrogens is 374 g/mol. The Morgan fingerprint density at radius 2 is 1.93 bits per heavy atom. The molecule has 0 radical (unpaired) electrons. The highest BCUT2D eigenvalue weighted by molar-refractivity contribution is 5.99. The monoisotopic (exact) mass is 399 g/mol. The highest BCUT2D eigenvalue weighted by Crippen LogP contribution is 2.26. The quantitative estimate of drug-likeness (QED) is 0.405. The zero-order chi connectivity index (χ0) is 21.0. The summed E-state index contributed by atoms with van der Waals surface area (Å²) in [6.45, 7) is 4.74. The van der Waals surface area contributed by atoms with Gasteiger partial charge in [-0.25, -0.2) is 0 Å². The van der Waals surface area contributed by atoms with Crippen LogP contribution >= 0.6 is 0 Å². The molecule has 0 amide bonds. The Bertz CT molecular complexity index is 1030. The number of esters is 1. The summed E-state index contributed by atoms with van der Waals surface area (Å²) < 4.78 is 23.0. The minimum Gasteiger partial charge on any atom is -0.497 e. The zero-order valence-corrected chi connectivity index (χ0v) is 17.1. The number of hydrogen-bond donors (Lipinski definition) is 0. The van der Waals surface area contributed by atoms with Crippen LogP contribution in [0.4, 0.5) is 0 Å². The van der Waals surface area contributed by atoms with E-state index in [-0.39, 0.29) is 18.8 Å². The van der Waals surface area contributed by atoms with Gasteiger partial charge in [0.2, 0.25) is 5.78 Å². The zero-order valence-electron chi connectivity index (χ0n) is 17.1. The highest BCUT2D eigenvalue weighted by Gasteiger charge is 2.18. The van der Waals surface area contributed by atoms with Gasteiger partial charge in [0, 0.05) is 47.6 Å². The molecule has 3 rings (SSSR count). The molecule has 0 aliphatic carbocycles. The van der Waals surface area contributed by atoms with Crippen LogP contribution in [0.5, 0.6) is 5.75 Å². The first-order valence-electron chi connectivity index (χ1n) is 9.33. The number of carbonyl (C=O) groups excluding carboxylic acids is 2. The first kappa shape index (κ1) is 20.7. The fourth-order valence-corrected chi connectivity index (χ4v) is 3.37. The van der Waals surface area contributed by atoms with E-state index in [1.165, 1.54) is 6.26 Å². The molecule has 0 aliphatic rings. The van der Waals surface area contributed by atoms with Crippen LogP contribution in [0.1, 0.15) is 27.3 Å². The van der Waals surface area contributed by atoms with Crippen molar-refractivity contribution in [3.8, 4) is 5.75 Å². The summed E-state index contributed by atoms with van der Waals surface area (Å²) in [5.74, 6) is -0.0309. The molecule has 1 aromatic carbocycles. The number of fused-ring (bicyclic) bond motifs is 1. The van der Waals surface area contributed by atoms with Crippen LogP contribution in [0.15, 0.2) is 34.9 Å². The van der Waals surface area contributed by atoms with E-state index >= 15 is 0 Å². The van der Waals surface area contributed by atoms with Crippen molar-refractivity contribution >= 4 is 22.7 Å². The van der Waals surface area contributed by atoms with Crippen molar-refractivity contribution < 1.29 is 28.2 Å². The Labute approximate surface area is 169 Å². The summed E-state index contributed by atoms with van der Waals surface area (Å²) in [6.07, 6.45) is 1.55. The summed E-state index contributed by atoms with van der Waals surface area (Å²) in [6, 6.07) is 7.21. The number of methoxy groups -OCH3 is 2. The molecule has 2 aromatic heterocycles. The van der Waals surface area contributed by atoms with E-state index in [2.05, 4.69) is 0 Å². The number of carbonyl (C=O) groups is 2. The normalized spacial score (nSPS) is 11.0. The molecule has 0 bridgehead atoms. The minimum absolute atomic E-state index is 0.0273.